The molecule has 2 N–H and O–H groups in total. The van der Waals surface area contributed by atoms with Crippen LogP contribution in [0.1, 0.15) is 33.7 Å². The molecule has 0 heterocycles. The van der Waals surface area contributed by atoms with E-state index in [1.807, 2.05) is 40.3 Å². The highest BCUT2D eigenvalue weighted by atomic mass is 16.5. The number of aliphatic hydroxyl groups excluding tert-OH is 2. The van der Waals surface area contributed by atoms with Crippen molar-refractivity contribution in [2.45, 2.75) is 19.1 Å². The van der Waals surface area contributed by atoms with Crippen molar-refractivity contribution in [3.63, 3.8) is 0 Å². The lowest BCUT2D eigenvalue weighted by Crippen LogP contribution is -2.11. The third-order valence-electron chi connectivity index (χ3n) is 5.69. The molecule has 0 amide bonds. The normalized spacial score (nSPS) is 11.0. The molecule has 3 aromatic rings. The summed E-state index contributed by atoms with van der Waals surface area (Å²) in [5.41, 5.74) is 6.87. The van der Waals surface area contributed by atoms with Gasteiger partial charge >= 0.3 is 0 Å². The van der Waals surface area contributed by atoms with Crippen LogP contribution in [0.4, 0.5) is 11.4 Å². The molecule has 0 fully saturated rings. The molecule has 0 radical (unpaired) electrons. The Kier molecular flexibility index (Phi) is 7.21. The second-order valence-corrected chi connectivity index (χ2v) is 8.08. The molecule has 0 aliphatic heterocycles. The molecule has 0 atom stereocenters. The predicted molar refractivity (Wildman–Crippen MR) is 127 cm³/mol. The largest absolute Gasteiger partial charge is 0.496 e. The summed E-state index contributed by atoms with van der Waals surface area (Å²) in [7, 11) is 9.69. The number of ether oxygens (including phenoxy) is 1. The quantitative estimate of drug-likeness (QED) is 0.540. The maximum absolute atomic E-state index is 9.93. The minimum Gasteiger partial charge on any atom is -0.496 e. The number of methoxy groups -OCH3 is 1. The Morgan fingerprint density at radius 3 is 1.55 bits per heavy atom. The standard InChI is InChI=1S/C26H32N2O3/c1-27(2)22-10-6-18(7-11-22)26(19-8-12-23(13-9-19)28(3)4)20-14-21(16-29)24(17-30)25(15-20)31-5/h6-15,26,29-30H,16-17H2,1-5H3. The highest BCUT2D eigenvalue weighted by molar-refractivity contribution is 5.55. The highest BCUT2D eigenvalue weighted by Crippen LogP contribution is 2.37. The molecule has 0 unspecified atom stereocenters. The molecular formula is C26H32N2O3. The summed E-state index contributed by atoms with van der Waals surface area (Å²) in [5, 5.41) is 19.7. The van der Waals surface area contributed by atoms with Crippen LogP contribution < -0.4 is 14.5 Å². The molecule has 3 rings (SSSR count). The average Bonchev–Trinajstić information content (AvgIpc) is 2.79. The minimum absolute atomic E-state index is 0.0423. The Balaban J connectivity index is 2.18. The topological polar surface area (TPSA) is 56.2 Å². The van der Waals surface area contributed by atoms with Crippen molar-refractivity contribution in [3.8, 4) is 5.75 Å². The van der Waals surface area contributed by atoms with Crippen molar-refractivity contribution in [2.75, 3.05) is 45.1 Å². The zero-order valence-electron chi connectivity index (χ0n) is 19.0. The Morgan fingerprint density at radius 1 is 0.710 bits per heavy atom. The number of benzene rings is 3. The SMILES string of the molecule is COc1cc(C(c2ccc(N(C)C)cc2)c2ccc(N(C)C)cc2)cc(CO)c1CO. The summed E-state index contributed by atoms with van der Waals surface area (Å²) in [6.07, 6.45) is 0. The zero-order chi connectivity index (χ0) is 22.5. The molecule has 0 saturated heterocycles. The fraction of sp³-hybridized carbons (Fsp3) is 0.308. The lowest BCUT2D eigenvalue weighted by atomic mass is 9.83. The van der Waals surface area contributed by atoms with Gasteiger partial charge in [0.2, 0.25) is 0 Å². The summed E-state index contributed by atoms with van der Waals surface area (Å²) in [4.78, 5) is 4.15. The van der Waals surface area contributed by atoms with Crippen LogP contribution in [0.15, 0.2) is 60.7 Å². The second kappa shape index (κ2) is 9.86. The second-order valence-electron chi connectivity index (χ2n) is 8.08. The number of rotatable bonds is 8. The van der Waals surface area contributed by atoms with Gasteiger partial charge in [-0.2, -0.15) is 0 Å². The van der Waals surface area contributed by atoms with E-state index in [4.69, 9.17) is 4.74 Å². The van der Waals surface area contributed by atoms with Crippen LogP contribution in [-0.2, 0) is 13.2 Å². The van der Waals surface area contributed by atoms with E-state index >= 15 is 0 Å². The van der Waals surface area contributed by atoms with E-state index in [9.17, 15) is 10.2 Å². The third-order valence-corrected chi connectivity index (χ3v) is 5.69. The molecule has 0 aliphatic carbocycles. The van der Waals surface area contributed by atoms with Crippen molar-refractivity contribution in [3.05, 3.63) is 88.5 Å². The average molecular weight is 421 g/mol. The van der Waals surface area contributed by atoms with Gasteiger partial charge in [-0.1, -0.05) is 30.3 Å². The molecule has 164 valence electrons. The lowest BCUT2D eigenvalue weighted by Gasteiger charge is -2.23. The molecule has 3 aromatic carbocycles. The molecule has 0 aromatic heterocycles. The third kappa shape index (κ3) is 4.84. The van der Waals surface area contributed by atoms with Gasteiger partial charge in [0.25, 0.3) is 0 Å². The van der Waals surface area contributed by atoms with Crippen LogP contribution in [0, 0.1) is 0 Å². The van der Waals surface area contributed by atoms with Gasteiger partial charge in [-0.25, -0.2) is 0 Å². The number of anilines is 2. The van der Waals surface area contributed by atoms with Crippen molar-refractivity contribution >= 4 is 11.4 Å². The predicted octanol–water partition coefficient (Wildman–Crippen LogP) is 3.99. The molecule has 0 bridgehead atoms. The molecule has 5 nitrogen and oxygen atoms in total. The van der Waals surface area contributed by atoms with E-state index in [-0.39, 0.29) is 19.1 Å². The van der Waals surface area contributed by atoms with E-state index in [0.29, 0.717) is 16.9 Å². The van der Waals surface area contributed by atoms with E-state index in [1.165, 1.54) is 0 Å². The lowest BCUT2D eigenvalue weighted by molar-refractivity contribution is 0.253. The Hall–Kier alpha value is -3.02. The van der Waals surface area contributed by atoms with Gasteiger partial charge in [0, 0.05) is 51.0 Å². The van der Waals surface area contributed by atoms with E-state index < -0.39 is 0 Å². The van der Waals surface area contributed by atoms with Gasteiger partial charge in [-0.15, -0.1) is 0 Å². The van der Waals surface area contributed by atoms with Crippen LogP contribution in [0.25, 0.3) is 0 Å². The van der Waals surface area contributed by atoms with Crippen molar-refractivity contribution in [1.82, 2.24) is 0 Å². The number of hydrogen-bond donors (Lipinski definition) is 2. The highest BCUT2D eigenvalue weighted by Gasteiger charge is 2.21. The van der Waals surface area contributed by atoms with Crippen LogP contribution >= 0.6 is 0 Å². The first-order valence-corrected chi connectivity index (χ1v) is 10.4. The van der Waals surface area contributed by atoms with Gasteiger partial charge < -0.3 is 24.7 Å². The fourth-order valence-corrected chi connectivity index (χ4v) is 3.90. The zero-order valence-corrected chi connectivity index (χ0v) is 19.0. The molecule has 0 aliphatic rings. The molecular weight excluding hydrogens is 388 g/mol. The van der Waals surface area contributed by atoms with Crippen molar-refractivity contribution in [1.29, 1.82) is 0 Å². The summed E-state index contributed by atoms with van der Waals surface area (Å²) < 4.78 is 5.56. The van der Waals surface area contributed by atoms with Crippen LogP contribution in [0.3, 0.4) is 0 Å². The van der Waals surface area contributed by atoms with E-state index in [1.54, 1.807) is 7.11 Å². The van der Waals surface area contributed by atoms with Crippen LogP contribution in [0.2, 0.25) is 0 Å². The van der Waals surface area contributed by atoms with Gasteiger partial charge in [0.15, 0.2) is 0 Å². The van der Waals surface area contributed by atoms with Gasteiger partial charge in [-0.05, 0) is 52.6 Å². The number of nitrogens with zero attached hydrogens (tertiary/aromatic N) is 2. The van der Waals surface area contributed by atoms with Crippen molar-refractivity contribution < 1.29 is 14.9 Å². The molecule has 5 heteroatoms. The summed E-state index contributed by atoms with van der Waals surface area (Å²) in [5.74, 6) is 0.545. The van der Waals surface area contributed by atoms with Crippen LogP contribution in [0.5, 0.6) is 5.75 Å². The van der Waals surface area contributed by atoms with Crippen LogP contribution in [-0.4, -0.2) is 45.5 Å². The minimum atomic E-state index is -0.181. The smallest absolute Gasteiger partial charge is 0.125 e. The monoisotopic (exact) mass is 420 g/mol. The Bertz CT molecular complexity index is 920. The summed E-state index contributed by atoms with van der Waals surface area (Å²) in [6, 6.07) is 21.0. The van der Waals surface area contributed by atoms with Gasteiger partial charge in [-0.3, -0.25) is 0 Å². The van der Waals surface area contributed by atoms with E-state index in [2.05, 4.69) is 58.3 Å². The first-order chi connectivity index (χ1) is 14.9. The molecule has 0 spiro atoms. The maximum atomic E-state index is 9.93. The van der Waals surface area contributed by atoms with E-state index in [0.717, 1.165) is 28.1 Å². The van der Waals surface area contributed by atoms with Gasteiger partial charge in [0.05, 0.1) is 20.3 Å². The molecule has 31 heavy (non-hydrogen) atoms. The number of aliphatic hydroxyl groups is 2. The summed E-state index contributed by atoms with van der Waals surface area (Å²) in [6.45, 7) is -0.342. The van der Waals surface area contributed by atoms with Crippen molar-refractivity contribution in [2.24, 2.45) is 0 Å². The van der Waals surface area contributed by atoms with Gasteiger partial charge in [0.1, 0.15) is 5.75 Å². The fourth-order valence-electron chi connectivity index (χ4n) is 3.90. The maximum Gasteiger partial charge on any atom is 0.125 e. The Morgan fingerprint density at radius 2 is 1.19 bits per heavy atom. The summed E-state index contributed by atoms with van der Waals surface area (Å²) >= 11 is 0. The first kappa shape index (κ1) is 22.7. The number of hydrogen-bond acceptors (Lipinski definition) is 5. The Labute approximate surface area is 185 Å². The molecule has 0 saturated carbocycles. The first-order valence-electron chi connectivity index (χ1n) is 10.4.